The lowest BCUT2D eigenvalue weighted by molar-refractivity contribution is 0.304. The summed E-state index contributed by atoms with van der Waals surface area (Å²) >= 11 is 5.06. The number of unbranched alkanes of at least 4 members (excludes halogenated alkanes) is 3. The Balaban J connectivity index is 2.14. The number of H-pyrrole nitrogens is 1. The van der Waals surface area contributed by atoms with Crippen molar-refractivity contribution in [2.45, 2.75) is 52.5 Å². The van der Waals surface area contributed by atoms with E-state index in [0.29, 0.717) is 17.1 Å². The van der Waals surface area contributed by atoms with Crippen LogP contribution in [0.3, 0.4) is 0 Å². The highest BCUT2D eigenvalue weighted by molar-refractivity contribution is 7.86. The van der Waals surface area contributed by atoms with Crippen LogP contribution in [0.5, 0.6) is 0 Å². The summed E-state index contributed by atoms with van der Waals surface area (Å²) in [6, 6.07) is 1.45. The molecule has 0 aliphatic carbocycles. The molecule has 1 heterocycles. The molecule has 132 valence electrons. The Morgan fingerprint density at radius 3 is 2.61 bits per heavy atom. The first-order valence-electron chi connectivity index (χ1n) is 7.97. The number of rotatable bonds is 11. The standard InChI is InChI=1S/C15H26N2O4S2/c1-13(2)8-12-23(19,20)21-11-6-4-3-5-9-17-10-7-14(18)16-15(17)22/h7,10,13H,3-6,8-9,11-12H2,1-2H3,(H,16,18,22). The third-order valence-corrected chi connectivity index (χ3v) is 5.00. The molecule has 0 saturated heterocycles. The zero-order valence-corrected chi connectivity index (χ0v) is 15.4. The van der Waals surface area contributed by atoms with E-state index < -0.39 is 10.1 Å². The van der Waals surface area contributed by atoms with Crippen LogP contribution in [0, 0.1) is 10.7 Å². The lowest BCUT2D eigenvalue weighted by Gasteiger charge is -2.08. The smallest absolute Gasteiger partial charge is 0.267 e. The van der Waals surface area contributed by atoms with Gasteiger partial charge in [0.05, 0.1) is 12.4 Å². The molecule has 1 N–H and O–H groups in total. The molecule has 0 aromatic carbocycles. The van der Waals surface area contributed by atoms with E-state index in [0.717, 1.165) is 32.2 Å². The van der Waals surface area contributed by atoms with Crippen molar-refractivity contribution in [1.82, 2.24) is 9.55 Å². The van der Waals surface area contributed by atoms with Crippen molar-refractivity contribution in [3.8, 4) is 0 Å². The Labute approximate surface area is 143 Å². The van der Waals surface area contributed by atoms with Gasteiger partial charge >= 0.3 is 0 Å². The Kier molecular flexibility index (Phi) is 8.72. The Bertz CT molecular complexity index is 677. The fraction of sp³-hybridized carbons (Fsp3) is 0.733. The van der Waals surface area contributed by atoms with Gasteiger partial charge in [0.25, 0.3) is 15.7 Å². The zero-order chi connectivity index (χ0) is 17.3. The molecule has 1 aromatic heterocycles. The number of nitrogens with zero attached hydrogens (tertiary/aromatic N) is 1. The van der Waals surface area contributed by atoms with Crippen LogP contribution in [0.25, 0.3) is 0 Å². The van der Waals surface area contributed by atoms with Gasteiger partial charge in [-0.3, -0.25) is 14.0 Å². The maximum Gasteiger partial charge on any atom is 0.267 e. The van der Waals surface area contributed by atoms with Crippen molar-refractivity contribution in [3.05, 3.63) is 27.4 Å². The fourth-order valence-corrected chi connectivity index (χ4v) is 3.49. The molecular formula is C15H26N2O4S2. The largest absolute Gasteiger partial charge is 0.325 e. The number of aromatic nitrogens is 2. The normalized spacial score (nSPS) is 12.0. The molecule has 0 aliphatic rings. The molecule has 0 unspecified atom stereocenters. The molecule has 0 saturated carbocycles. The summed E-state index contributed by atoms with van der Waals surface area (Å²) < 4.78 is 30.5. The average Bonchev–Trinajstić information content (AvgIpc) is 2.46. The van der Waals surface area contributed by atoms with E-state index in [1.165, 1.54) is 6.07 Å². The van der Waals surface area contributed by atoms with Crippen LogP contribution in [0.4, 0.5) is 0 Å². The van der Waals surface area contributed by atoms with Crippen molar-refractivity contribution < 1.29 is 12.6 Å². The highest BCUT2D eigenvalue weighted by atomic mass is 32.2. The number of aromatic amines is 1. The van der Waals surface area contributed by atoms with Gasteiger partial charge in [0.1, 0.15) is 0 Å². The molecule has 0 amide bonds. The second-order valence-corrected chi connectivity index (χ2v) is 8.13. The van der Waals surface area contributed by atoms with Gasteiger partial charge in [-0.05, 0) is 37.4 Å². The summed E-state index contributed by atoms with van der Waals surface area (Å²) in [5.41, 5.74) is -0.193. The van der Waals surface area contributed by atoms with E-state index >= 15 is 0 Å². The molecule has 0 radical (unpaired) electrons. The van der Waals surface area contributed by atoms with Gasteiger partial charge in [0.2, 0.25) is 0 Å². The molecular weight excluding hydrogens is 336 g/mol. The van der Waals surface area contributed by atoms with E-state index in [1.54, 1.807) is 6.20 Å². The van der Waals surface area contributed by atoms with Gasteiger partial charge < -0.3 is 4.57 Å². The van der Waals surface area contributed by atoms with Gasteiger partial charge in [-0.15, -0.1) is 0 Å². The van der Waals surface area contributed by atoms with Gasteiger partial charge in [-0.1, -0.05) is 26.7 Å². The minimum atomic E-state index is -3.37. The summed E-state index contributed by atoms with van der Waals surface area (Å²) in [6.07, 6.45) is 5.80. The highest BCUT2D eigenvalue weighted by Crippen LogP contribution is 2.07. The number of hydrogen-bond donors (Lipinski definition) is 1. The van der Waals surface area contributed by atoms with E-state index in [-0.39, 0.29) is 17.9 Å². The van der Waals surface area contributed by atoms with Gasteiger partial charge in [-0.2, -0.15) is 8.42 Å². The second kappa shape index (κ2) is 10.00. The molecule has 8 heteroatoms. The fourth-order valence-electron chi connectivity index (χ4n) is 1.98. The van der Waals surface area contributed by atoms with Crippen molar-refractivity contribution in [2.24, 2.45) is 5.92 Å². The molecule has 1 aromatic rings. The predicted octanol–water partition coefficient (Wildman–Crippen LogP) is 2.86. The van der Waals surface area contributed by atoms with Crippen LogP contribution >= 0.6 is 12.2 Å². The van der Waals surface area contributed by atoms with Crippen LogP contribution in [-0.4, -0.2) is 30.3 Å². The maximum absolute atomic E-state index is 11.6. The Hall–Kier alpha value is -0.990. The number of nitrogens with one attached hydrogen (secondary N) is 1. The Morgan fingerprint density at radius 2 is 1.96 bits per heavy atom. The molecule has 0 bridgehead atoms. The van der Waals surface area contributed by atoms with Gasteiger partial charge in [0.15, 0.2) is 4.77 Å². The van der Waals surface area contributed by atoms with Crippen LogP contribution in [0.2, 0.25) is 0 Å². The van der Waals surface area contributed by atoms with Crippen molar-refractivity contribution in [2.75, 3.05) is 12.4 Å². The molecule has 23 heavy (non-hydrogen) atoms. The van der Waals surface area contributed by atoms with Gasteiger partial charge in [0, 0.05) is 18.8 Å². The zero-order valence-electron chi connectivity index (χ0n) is 13.8. The van der Waals surface area contributed by atoms with Gasteiger partial charge in [-0.25, -0.2) is 0 Å². The molecule has 0 spiro atoms. The summed E-state index contributed by atoms with van der Waals surface area (Å²) in [6.45, 7) is 4.97. The first-order valence-corrected chi connectivity index (χ1v) is 9.95. The summed E-state index contributed by atoms with van der Waals surface area (Å²) in [4.78, 5) is 13.6. The average molecular weight is 363 g/mol. The summed E-state index contributed by atoms with van der Waals surface area (Å²) in [5, 5.41) is 0. The van der Waals surface area contributed by atoms with Crippen molar-refractivity contribution in [1.29, 1.82) is 0 Å². The molecule has 0 aliphatic heterocycles. The summed E-state index contributed by atoms with van der Waals surface area (Å²) in [5.74, 6) is 0.447. The molecule has 6 nitrogen and oxygen atoms in total. The minimum Gasteiger partial charge on any atom is -0.325 e. The second-order valence-electron chi connectivity index (χ2n) is 5.98. The third kappa shape index (κ3) is 9.02. The molecule has 1 rings (SSSR count). The first-order chi connectivity index (χ1) is 10.8. The number of aryl methyl sites for hydroxylation is 1. The molecule has 0 atom stereocenters. The summed E-state index contributed by atoms with van der Waals surface area (Å²) in [7, 11) is -3.37. The van der Waals surface area contributed by atoms with Crippen LogP contribution < -0.4 is 5.56 Å². The van der Waals surface area contributed by atoms with Crippen LogP contribution in [0.1, 0.15) is 46.0 Å². The Morgan fingerprint density at radius 1 is 1.26 bits per heavy atom. The van der Waals surface area contributed by atoms with Crippen LogP contribution in [0.15, 0.2) is 17.1 Å². The quantitative estimate of drug-likeness (QED) is 0.372. The predicted molar refractivity (Wildman–Crippen MR) is 93.5 cm³/mol. The lowest BCUT2D eigenvalue weighted by Crippen LogP contribution is -2.13. The SMILES string of the molecule is CC(C)CCS(=O)(=O)OCCCCCCn1ccc(=O)[nH]c1=S. The van der Waals surface area contributed by atoms with E-state index in [9.17, 15) is 13.2 Å². The third-order valence-electron chi connectivity index (χ3n) is 3.40. The van der Waals surface area contributed by atoms with Crippen molar-refractivity contribution >= 4 is 22.3 Å². The molecule has 0 fully saturated rings. The topological polar surface area (TPSA) is 81.2 Å². The maximum atomic E-state index is 11.6. The lowest BCUT2D eigenvalue weighted by atomic mass is 10.2. The highest BCUT2D eigenvalue weighted by Gasteiger charge is 2.11. The van der Waals surface area contributed by atoms with Crippen molar-refractivity contribution in [3.63, 3.8) is 0 Å². The monoisotopic (exact) mass is 362 g/mol. The first kappa shape index (κ1) is 20.1. The minimum absolute atomic E-state index is 0.0924. The van der Waals surface area contributed by atoms with Crippen LogP contribution in [-0.2, 0) is 20.8 Å². The van der Waals surface area contributed by atoms with E-state index in [1.807, 2.05) is 18.4 Å². The van der Waals surface area contributed by atoms with E-state index in [2.05, 4.69) is 4.98 Å². The number of hydrogen-bond acceptors (Lipinski definition) is 5. The van der Waals surface area contributed by atoms with E-state index in [4.69, 9.17) is 16.4 Å².